The van der Waals surface area contributed by atoms with Crippen LogP contribution in [0.2, 0.25) is 0 Å². The Balaban J connectivity index is 2.42. The Morgan fingerprint density at radius 3 is 2.88 bits per heavy atom. The van der Waals surface area contributed by atoms with Gasteiger partial charge in [-0.15, -0.1) is 0 Å². The molecule has 1 aliphatic heterocycles. The molecule has 3 heteroatoms. The lowest BCUT2D eigenvalue weighted by Gasteiger charge is -2.12. The van der Waals surface area contributed by atoms with Gasteiger partial charge in [0.2, 0.25) is 5.91 Å². The highest BCUT2D eigenvalue weighted by atomic mass is 16.1. The normalized spacial score (nSPS) is 15.8. The lowest BCUT2D eigenvalue weighted by atomic mass is 9.97. The maximum Gasteiger partial charge on any atom is 0.228 e. The topological polar surface area (TPSA) is 55.1 Å². The van der Waals surface area contributed by atoms with Crippen molar-refractivity contribution in [3.63, 3.8) is 0 Å². The minimum Gasteiger partial charge on any atom is -0.328 e. The summed E-state index contributed by atoms with van der Waals surface area (Å²) in [6, 6.07) is 4.40. The second kappa shape index (κ2) is 4.26. The van der Waals surface area contributed by atoms with E-state index >= 15 is 0 Å². The first-order chi connectivity index (χ1) is 7.60. The van der Waals surface area contributed by atoms with Gasteiger partial charge in [0.25, 0.3) is 0 Å². The summed E-state index contributed by atoms with van der Waals surface area (Å²) < 4.78 is 0. The third kappa shape index (κ3) is 2.09. The molecule has 1 aromatic carbocycles. The Morgan fingerprint density at radius 2 is 2.25 bits per heavy atom. The minimum atomic E-state index is 0.0918. The summed E-state index contributed by atoms with van der Waals surface area (Å²) in [7, 11) is 0. The van der Waals surface area contributed by atoms with Crippen molar-refractivity contribution in [3.05, 3.63) is 28.8 Å². The van der Waals surface area contributed by atoms with Crippen molar-refractivity contribution in [1.82, 2.24) is 0 Å². The monoisotopic (exact) mass is 218 g/mol. The summed E-state index contributed by atoms with van der Waals surface area (Å²) in [5, 5.41) is 2.93. The van der Waals surface area contributed by atoms with Gasteiger partial charge in [-0.2, -0.15) is 0 Å². The number of carbonyl (C=O) groups excluding carboxylic acids is 1. The smallest absolute Gasteiger partial charge is 0.228 e. The number of nitrogens with two attached hydrogens (primary N) is 1. The average molecular weight is 218 g/mol. The molecule has 0 spiro atoms. The molecule has 1 amide bonds. The van der Waals surface area contributed by atoms with Crippen LogP contribution in [-0.4, -0.2) is 11.9 Å². The zero-order valence-corrected chi connectivity index (χ0v) is 9.84. The summed E-state index contributed by atoms with van der Waals surface area (Å²) in [5.41, 5.74) is 10.4. The largest absolute Gasteiger partial charge is 0.328 e. The second-order valence-electron chi connectivity index (χ2n) is 4.55. The molecule has 1 unspecified atom stereocenters. The first-order valence-electron chi connectivity index (χ1n) is 5.80. The molecule has 0 saturated carbocycles. The van der Waals surface area contributed by atoms with Crippen LogP contribution in [0.1, 0.15) is 30.5 Å². The molecule has 0 radical (unpaired) electrons. The van der Waals surface area contributed by atoms with E-state index in [1.54, 1.807) is 0 Å². The van der Waals surface area contributed by atoms with Crippen molar-refractivity contribution in [2.75, 3.05) is 5.32 Å². The molecule has 1 aliphatic rings. The van der Waals surface area contributed by atoms with Gasteiger partial charge in [-0.3, -0.25) is 4.79 Å². The number of hydrogen-bond acceptors (Lipinski definition) is 2. The molecule has 0 aromatic heterocycles. The number of rotatable bonds is 3. The summed E-state index contributed by atoms with van der Waals surface area (Å²) in [4.78, 5) is 11.4. The van der Waals surface area contributed by atoms with Crippen molar-refractivity contribution in [1.29, 1.82) is 0 Å². The quantitative estimate of drug-likeness (QED) is 0.810. The zero-order valence-electron chi connectivity index (χ0n) is 9.84. The summed E-state index contributed by atoms with van der Waals surface area (Å²) in [6.45, 7) is 4.11. The molecule has 3 nitrogen and oxygen atoms in total. The second-order valence-corrected chi connectivity index (χ2v) is 4.55. The van der Waals surface area contributed by atoms with Crippen molar-refractivity contribution in [3.8, 4) is 0 Å². The highest BCUT2D eigenvalue weighted by Crippen LogP contribution is 2.29. The van der Waals surface area contributed by atoms with Gasteiger partial charge in [0.05, 0.1) is 6.42 Å². The number of nitrogens with one attached hydrogen (secondary N) is 1. The van der Waals surface area contributed by atoms with Gasteiger partial charge in [0, 0.05) is 11.7 Å². The van der Waals surface area contributed by atoms with E-state index in [2.05, 4.69) is 24.4 Å². The van der Waals surface area contributed by atoms with Gasteiger partial charge < -0.3 is 11.1 Å². The van der Waals surface area contributed by atoms with E-state index in [0.29, 0.717) is 6.42 Å². The summed E-state index contributed by atoms with van der Waals surface area (Å²) in [5.74, 6) is 0.0918. The fraction of sp³-hybridized carbons (Fsp3) is 0.462. The molecular formula is C13H18N2O. The molecular weight excluding hydrogens is 200 g/mol. The Hall–Kier alpha value is -1.35. The number of aryl methyl sites for hydroxylation is 1. The molecule has 0 saturated heterocycles. The highest BCUT2D eigenvalue weighted by Gasteiger charge is 2.21. The van der Waals surface area contributed by atoms with Crippen LogP contribution in [0.5, 0.6) is 0 Å². The van der Waals surface area contributed by atoms with Crippen molar-refractivity contribution in [2.24, 2.45) is 5.73 Å². The third-order valence-electron chi connectivity index (χ3n) is 2.93. The maximum absolute atomic E-state index is 11.4. The van der Waals surface area contributed by atoms with Gasteiger partial charge >= 0.3 is 0 Å². The van der Waals surface area contributed by atoms with Crippen LogP contribution in [-0.2, 0) is 24.1 Å². The van der Waals surface area contributed by atoms with E-state index in [1.807, 2.05) is 6.92 Å². The first-order valence-corrected chi connectivity index (χ1v) is 5.80. The number of amides is 1. The van der Waals surface area contributed by atoms with Crippen LogP contribution in [0.4, 0.5) is 5.69 Å². The van der Waals surface area contributed by atoms with E-state index in [1.165, 1.54) is 11.1 Å². The predicted molar refractivity (Wildman–Crippen MR) is 65.5 cm³/mol. The van der Waals surface area contributed by atoms with Crippen molar-refractivity contribution < 1.29 is 4.79 Å². The van der Waals surface area contributed by atoms with E-state index in [0.717, 1.165) is 24.1 Å². The van der Waals surface area contributed by atoms with Crippen molar-refractivity contribution in [2.45, 2.75) is 39.2 Å². The molecule has 0 bridgehead atoms. The van der Waals surface area contributed by atoms with E-state index in [4.69, 9.17) is 5.73 Å². The molecule has 16 heavy (non-hydrogen) atoms. The van der Waals surface area contributed by atoms with Gasteiger partial charge in [0.15, 0.2) is 0 Å². The van der Waals surface area contributed by atoms with Crippen LogP contribution in [0.3, 0.4) is 0 Å². The predicted octanol–water partition coefficient (Wildman–Crippen LogP) is 1.63. The Bertz CT molecular complexity index is 424. The molecule has 1 aromatic rings. The summed E-state index contributed by atoms with van der Waals surface area (Å²) >= 11 is 0. The lowest BCUT2D eigenvalue weighted by molar-refractivity contribution is -0.115. The van der Waals surface area contributed by atoms with E-state index < -0.39 is 0 Å². The zero-order chi connectivity index (χ0) is 11.7. The molecule has 86 valence electrons. The fourth-order valence-electron chi connectivity index (χ4n) is 2.21. The van der Waals surface area contributed by atoms with Gasteiger partial charge in [0.1, 0.15) is 0 Å². The average Bonchev–Trinajstić information content (AvgIpc) is 2.57. The molecule has 1 heterocycles. The highest BCUT2D eigenvalue weighted by molar-refractivity contribution is 6.00. The number of carbonyl (C=O) groups is 1. The Morgan fingerprint density at radius 1 is 1.50 bits per heavy atom. The lowest BCUT2D eigenvalue weighted by Crippen LogP contribution is -2.18. The fourth-order valence-corrected chi connectivity index (χ4v) is 2.21. The SMILES string of the molecule is CCc1cc2c(c(CC(C)N)c1)NC(=O)C2. The van der Waals surface area contributed by atoms with Gasteiger partial charge in [-0.25, -0.2) is 0 Å². The standard InChI is InChI=1S/C13H18N2O/c1-3-9-5-10(4-8(2)14)13-11(6-9)7-12(16)15-13/h5-6,8H,3-4,7,14H2,1-2H3,(H,15,16). The number of hydrogen-bond donors (Lipinski definition) is 2. The minimum absolute atomic E-state index is 0.0918. The Labute approximate surface area is 96.0 Å². The van der Waals surface area contributed by atoms with Crippen LogP contribution >= 0.6 is 0 Å². The molecule has 0 aliphatic carbocycles. The number of benzene rings is 1. The van der Waals surface area contributed by atoms with E-state index in [-0.39, 0.29) is 11.9 Å². The molecule has 2 rings (SSSR count). The van der Waals surface area contributed by atoms with Crippen LogP contribution in [0.15, 0.2) is 12.1 Å². The summed E-state index contributed by atoms with van der Waals surface area (Å²) in [6.07, 6.45) is 2.32. The molecule has 1 atom stereocenters. The van der Waals surface area contributed by atoms with Crippen LogP contribution < -0.4 is 11.1 Å². The van der Waals surface area contributed by atoms with Crippen LogP contribution in [0, 0.1) is 0 Å². The number of fused-ring (bicyclic) bond motifs is 1. The van der Waals surface area contributed by atoms with Crippen LogP contribution in [0.25, 0.3) is 0 Å². The van der Waals surface area contributed by atoms with Gasteiger partial charge in [-0.05, 0) is 36.5 Å². The Kier molecular flexibility index (Phi) is 2.97. The first kappa shape index (κ1) is 11.1. The van der Waals surface area contributed by atoms with Crippen molar-refractivity contribution >= 4 is 11.6 Å². The maximum atomic E-state index is 11.4. The molecule has 0 fully saturated rings. The molecule has 3 N–H and O–H groups in total. The third-order valence-corrected chi connectivity index (χ3v) is 2.93. The number of anilines is 1. The van der Waals surface area contributed by atoms with E-state index in [9.17, 15) is 4.79 Å². The van der Waals surface area contributed by atoms with Gasteiger partial charge in [-0.1, -0.05) is 19.1 Å².